The summed E-state index contributed by atoms with van der Waals surface area (Å²) < 4.78 is 2.02. The Morgan fingerprint density at radius 3 is 2.84 bits per heavy atom. The Labute approximate surface area is 119 Å². The first-order valence-corrected chi connectivity index (χ1v) is 7.19. The number of nitrogens with one attached hydrogen (secondary N) is 1. The van der Waals surface area contributed by atoms with E-state index in [0.717, 1.165) is 29.9 Å². The van der Waals surface area contributed by atoms with Crippen molar-refractivity contribution >= 4 is 17.3 Å². The number of nitrogens with zero attached hydrogens (tertiary/aromatic N) is 2. The number of aromatic nitrogens is 2. The number of alkyl halides is 1. The van der Waals surface area contributed by atoms with Crippen molar-refractivity contribution in [2.45, 2.75) is 38.7 Å². The van der Waals surface area contributed by atoms with Crippen LogP contribution in [0.2, 0.25) is 0 Å². The predicted octanol–water partition coefficient (Wildman–Crippen LogP) is 4.21. The smallest absolute Gasteiger partial charge is 0.0815 e. The molecule has 102 valence electrons. The molecule has 1 heterocycles. The fourth-order valence-corrected chi connectivity index (χ4v) is 2.13. The Bertz CT molecular complexity index is 522. The van der Waals surface area contributed by atoms with Gasteiger partial charge in [0.2, 0.25) is 0 Å². The summed E-state index contributed by atoms with van der Waals surface area (Å²) in [5, 5.41) is 7.96. The number of hydrogen-bond donors (Lipinski definition) is 1. The lowest BCUT2D eigenvalue weighted by Crippen LogP contribution is -2.07. The fraction of sp³-hybridized carbons (Fsp3) is 0.400. The van der Waals surface area contributed by atoms with Crippen LogP contribution in [-0.4, -0.2) is 9.78 Å². The van der Waals surface area contributed by atoms with Crippen LogP contribution in [0.3, 0.4) is 0 Å². The lowest BCUT2D eigenvalue weighted by Gasteiger charge is -2.10. The number of halogens is 1. The standard InChI is InChI=1S/C15H20ClN3/c1-3-12(2)19-9-8-14(18-19)11-17-15-7-5-4-6-13(15)10-16/h4-9,12,17H,3,10-11H2,1-2H3. The Morgan fingerprint density at radius 2 is 2.11 bits per heavy atom. The third kappa shape index (κ3) is 3.51. The van der Waals surface area contributed by atoms with Crippen LogP contribution in [0, 0.1) is 0 Å². The zero-order valence-corrected chi connectivity index (χ0v) is 12.2. The molecule has 0 aliphatic heterocycles. The second-order valence-corrected chi connectivity index (χ2v) is 4.96. The zero-order chi connectivity index (χ0) is 13.7. The molecule has 0 spiro atoms. The van der Waals surface area contributed by atoms with Crippen molar-refractivity contribution < 1.29 is 0 Å². The summed E-state index contributed by atoms with van der Waals surface area (Å²) >= 11 is 5.92. The van der Waals surface area contributed by atoms with Crippen molar-refractivity contribution in [1.29, 1.82) is 0 Å². The van der Waals surface area contributed by atoms with Gasteiger partial charge < -0.3 is 5.32 Å². The van der Waals surface area contributed by atoms with Gasteiger partial charge in [-0.15, -0.1) is 11.6 Å². The van der Waals surface area contributed by atoms with E-state index in [9.17, 15) is 0 Å². The summed E-state index contributed by atoms with van der Waals surface area (Å²) in [6.45, 7) is 5.06. The predicted molar refractivity (Wildman–Crippen MR) is 80.6 cm³/mol. The molecule has 0 saturated heterocycles. The molecule has 0 amide bonds. The van der Waals surface area contributed by atoms with Crippen molar-refractivity contribution in [3.63, 3.8) is 0 Å². The number of benzene rings is 1. The van der Waals surface area contributed by atoms with Gasteiger partial charge in [-0.2, -0.15) is 5.10 Å². The van der Waals surface area contributed by atoms with Gasteiger partial charge in [0.25, 0.3) is 0 Å². The van der Waals surface area contributed by atoms with Gasteiger partial charge in [-0.3, -0.25) is 4.68 Å². The Kier molecular flexibility index (Phi) is 4.86. The molecule has 1 atom stereocenters. The Hall–Kier alpha value is -1.48. The van der Waals surface area contributed by atoms with E-state index in [1.807, 2.05) is 35.1 Å². The molecule has 1 unspecified atom stereocenters. The van der Waals surface area contributed by atoms with Crippen LogP contribution in [0.15, 0.2) is 36.5 Å². The highest BCUT2D eigenvalue weighted by Gasteiger charge is 2.05. The van der Waals surface area contributed by atoms with E-state index >= 15 is 0 Å². The number of para-hydroxylation sites is 1. The molecule has 0 aliphatic rings. The van der Waals surface area contributed by atoms with Crippen molar-refractivity contribution in [2.75, 3.05) is 5.32 Å². The second kappa shape index (κ2) is 6.62. The van der Waals surface area contributed by atoms with Crippen LogP contribution in [0.5, 0.6) is 0 Å². The molecular weight excluding hydrogens is 258 g/mol. The molecule has 0 aliphatic carbocycles. The Balaban J connectivity index is 2.00. The van der Waals surface area contributed by atoms with Crippen LogP contribution in [0.1, 0.15) is 37.6 Å². The second-order valence-electron chi connectivity index (χ2n) is 4.69. The van der Waals surface area contributed by atoms with Crippen molar-refractivity contribution in [3.8, 4) is 0 Å². The maximum Gasteiger partial charge on any atom is 0.0815 e. The van der Waals surface area contributed by atoms with Crippen LogP contribution >= 0.6 is 11.6 Å². The topological polar surface area (TPSA) is 29.9 Å². The van der Waals surface area contributed by atoms with Crippen molar-refractivity contribution in [1.82, 2.24) is 9.78 Å². The molecule has 2 aromatic rings. The zero-order valence-electron chi connectivity index (χ0n) is 11.4. The van der Waals surface area contributed by atoms with Gasteiger partial charge >= 0.3 is 0 Å². The largest absolute Gasteiger partial charge is 0.379 e. The quantitative estimate of drug-likeness (QED) is 0.802. The van der Waals surface area contributed by atoms with Crippen molar-refractivity contribution in [2.24, 2.45) is 0 Å². The summed E-state index contributed by atoms with van der Waals surface area (Å²) in [6, 6.07) is 10.6. The molecule has 0 fully saturated rings. The van der Waals surface area contributed by atoms with E-state index in [0.29, 0.717) is 11.9 Å². The fourth-order valence-electron chi connectivity index (χ4n) is 1.90. The van der Waals surface area contributed by atoms with E-state index in [-0.39, 0.29) is 0 Å². The molecule has 0 bridgehead atoms. The minimum atomic E-state index is 0.448. The molecule has 4 heteroatoms. The van der Waals surface area contributed by atoms with Gasteiger partial charge in [0.15, 0.2) is 0 Å². The summed E-state index contributed by atoms with van der Waals surface area (Å²) in [6.07, 6.45) is 3.13. The molecule has 0 saturated carbocycles. The lowest BCUT2D eigenvalue weighted by molar-refractivity contribution is 0.474. The van der Waals surface area contributed by atoms with Crippen LogP contribution in [0.25, 0.3) is 0 Å². The van der Waals surface area contributed by atoms with Gasteiger partial charge in [0, 0.05) is 23.8 Å². The molecule has 1 N–H and O–H groups in total. The summed E-state index contributed by atoms with van der Waals surface area (Å²) in [5.74, 6) is 0.518. The van der Waals surface area contributed by atoms with Gasteiger partial charge in [-0.25, -0.2) is 0 Å². The lowest BCUT2D eigenvalue weighted by atomic mass is 10.2. The molecular formula is C15H20ClN3. The third-order valence-corrected chi connectivity index (χ3v) is 3.62. The Morgan fingerprint density at radius 1 is 1.32 bits per heavy atom. The summed E-state index contributed by atoms with van der Waals surface area (Å²) in [4.78, 5) is 0. The van der Waals surface area contributed by atoms with Gasteiger partial charge in [0.1, 0.15) is 0 Å². The van der Waals surface area contributed by atoms with Gasteiger partial charge in [-0.1, -0.05) is 25.1 Å². The maximum absolute atomic E-state index is 5.92. The van der Waals surface area contributed by atoms with Crippen LogP contribution in [-0.2, 0) is 12.4 Å². The highest BCUT2D eigenvalue weighted by Crippen LogP contribution is 2.18. The van der Waals surface area contributed by atoms with Gasteiger partial charge in [0.05, 0.1) is 12.2 Å². The van der Waals surface area contributed by atoms with E-state index in [1.54, 1.807) is 0 Å². The summed E-state index contributed by atoms with van der Waals surface area (Å²) in [7, 11) is 0. The minimum absolute atomic E-state index is 0.448. The number of hydrogen-bond acceptors (Lipinski definition) is 2. The summed E-state index contributed by atoms with van der Waals surface area (Å²) in [5.41, 5.74) is 3.24. The first-order chi connectivity index (χ1) is 9.24. The molecule has 2 rings (SSSR count). The monoisotopic (exact) mass is 277 g/mol. The first kappa shape index (κ1) is 13.9. The highest BCUT2D eigenvalue weighted by atomic mass is 35.5. The van der Waals surface area contributed by atoms with Crippen LogP contribution < -0.4 is 5.32 Å². The van der Waals surface area contributed by atoms with E-state index in [1.165, 1.54) is 0 Å². The van der Waals surface area contributed by atoms with Gasteiger partial charge in [-0.05, 0) is 31.0 Å². The molecule has 1 aromatic carbocycles. The number of rotatable bonds is 6. The van der Waals surface area contributed by atoms with Crippen LogP contribution in [0.4, 0.5) is 5.69 Å². The van der Waals surface area contributed by atoms with Crippen molar-refractivity contribution in [3.05, 3.63) is 47.8 Å². The first-order valence-electron chi connectivity index (χ1n) is 6.66. The van der Waals surface area contributed by atoms with E-state index < -0.39 is 0 Å². The molecule has 0 radical (unpaired) electrons. The molecule has 3 nitrogen and oxygen atoms in total. The third-order valence-electron chi connectivity index (χ3n) is 3.33. The molecule has 19 heavy (non-hydrogen) atoms. The average Bonchev–Trinajstić information content (AvgIpc) is 2.93. The SMILES string of the molecule is CCC(C)n1ccc(CNc2ccccc2CCl)n1. The average molecular weight is 278 g/mol. The van der Waals surface area contributed by atoms with E-state index in [2.05, 4.69) is 30.3 Å². The molecule has 1 aromatic heterocycles. The van der Waals surface area contributed by atoms with E-state index in [4.69, 9.17) is 11.6 Å². The minimum Gasteiger partial charge on any atom is -0.379 e. The number of anilines is 1. The maximum atomic E-state index is 5.92. The normalized spacial score (nSPS) is 12.4. The highest BCUT2D eigenvalue weighted by molar-refractivity contribution is 6.17.